The minimum Gasteiger partial charge on any atom is -0.360 e. The minimum absolute atomic E-state index is 0.0128. The summed E-state index contributed by atoms with van der Waals surface area (Å²) in [5.41, 5.74) is 0.702. The number of carbonyl (C=O) groups is 1. The Kier molecular flexibility index (Phi) is 3.33. The van der Waals surface area contributed by atoms with Crippen LogP contribution in [0.3, 0.4) is 0 Å². The van der Waals surface area contributed by atoms with Gasteiger partial charge in [-0.3, -0.25) is 4.79 Å². The third kappa shape index (κ3) is 2.53. The summed E-state index contributed by atoms with van der Waals surface area (Å²) in [5, 5.41) is 8.89. The Morgan fingerprint density at radius 3 is 3.00 bits per heavy atom. The van der Waals surface area contributed by atoms with Crippen molar-refractivity contribution < 1.29 is 9.53 Å². The predicted molar refractivity (Wildman–Crippen MR) is 71.7 cm³/mol. The van der Waals surface area contributed by atoms with Gasteiger partial charge in [-0.25, -0.2) is 0 Å². The van der Waals surface area contributed by atoms with Crippen molar-refractivity contribution in [2.24, 2.45) is 0 Å². The van der Waals surface area contributed by atoms with Gasteiger partial charge >= 0.3 is 0 Å². The maximum atomic E-state index is 12.5. The van der Waals surface area contributed by atoms with Crippen LogP contribution in [0.25, 0.3) is 0 Å². The Bertz CT molecular complexity index is 545. The zero-order valence-corrected chi connectivity index (χ0v) is 12.0. The minimum atomic E-state index is -0.509. The molecule has 1 saturated heterocycles. The molecule has 100 valence electrons. The summed E-state index contributed by atoms with van der Waals surface area (Å²) < 4.78 is 8.24. The zero-order chi connectivity index (χ0) is 13.4. The fourth-order valence-corrected chi connectivity index (χ4v) is 2.78. The van der Waals surface area contributed by atoms with Crippen LogP contribution in [0.4, 0.5) is 0 Å². The molecule has 3 rings (SSSR count). The third-order valence-corrected chi connectivity index (χ3v) is 3.91. The molecule has 6 heteroatoms. The molecule has 1 amide bonds. The number of nitriles is 1. The average Bonchev–Trinajstić information content (AvgIpc) is 3.21. The first-order chi connectivity index (χ1) is 9.19. The normalized spacial score (nSPS) is 23.2. The third-order valence-electron chi connectivity index (χ3n) is 3.47. The summed E-state index contributed by atoms with van der Waals surface area (Å²) in [6.45, 7) is 1.32. The molecule has 1 unspecified atom stereocenters. The molecule has 1 atom stereocenters. The molecule has 0 bridgehead atoms. The number of aromatic nitrogens is 1. The lowest BCUT2D eigenvalue weighted by molar-refractivity contribution is 0.00298. The Morgan fingerprint density at radius 1 is 1.53 bits per heavy atom. The van der Waals surface area contributed by atoms with Gasteiger partial charge in [-0.2, -0.15) is 5.26 Å². The maximum absolute atomic E-state index is 12.5. The second-order valence-corrected chi connectivity index (χ2v) is 5.84. The van der Waals surface area contributed by atoms with Crippen LogP contribution in [0.1, 0.15) is 29.4 Å². The zero-order valence-electron chi connectivity index (χ0n) is 10.4. The van der Waals surface area contributed by atoms with E-state index in [9.17, 15) is 4.79 Å². The molecule has 1 aromatic rings. The van der Waals surface area contributed by atoms with E-state index in [0.29, 0.717) is 31.4 Å². The first-order valence-electron chi connectivity index (χ1n) is 6.37. The van der Waals surface area contributed by atoms with Crippen LogP contribution >= 0.6 is 15.9 Å². The molecule has 0 spiro atoms. The fraction of sp³-hybridized carbons (Fsp3) is 0.538. The van der Waals surface area contributed by atoms with Crippen molar-refractivity contribution in [2.75, 3.05) is 19.7 Å². The van der Waals surface area contributed by atoms with Crippen LogP contribution in [-0.2, 0) is 4.74 Å². The largest absolute Gasteiger partial charge is 0.360 e. The number of carbonyl (C=O) groups excluding carboxylic acids is 1. The van der Waals surface area contributed by atoms with E-state index in [1.807, 2.05) is 16.8 Å². The summed E-state index contributed by atoms with van der Waals surface area (Å²) in [6, 6.07) is 4.38. The molecule has 19 heavy (non-hydrogen) atoms. The Hall–Kier alpha value is -1.32. The first-order valence-corrected chi connectivity index (χ1v) is 7.16. The standard InChI is InChI=1S/C13H14BrN3O2/c14-9-5-12(17(7-9)10-1-2-10)13(18)16-3-4-19-11(6-15)8-16/h5,7,10-11H,1-4,8H2. The molecule has 0 N–H and O–H groups in total. The first kappa shape index (κ1) is 12.7. The van der Waals surface area contributed by atoms with Crippen LogP contribution in [0.15, 0.2) is 16.7 Å². The van der Waals surface area contributed by atoms with Gasteiger partial charge in [0.05, 0.1) is 19.2 Å². The number of hydrogen-bond donors (Lipinski definition) is 0. The number of morpholine rings is 1. The van der Waals surface area contributed by atoms with Crippen LogP contribution in [0.5, 0.6) is 0 Å². The lowest BCUT2D eigenvalue weighted by Crippen LogP contribution is -2.45. The van der Waals surface area contributed by atoms with Crippen LogP contribution in [0.2, 0.25) is 0 Å². The fourth-order valence-electron chi connectivity index (χ4n) is 2.35. The van der Waals surface area contributed by atoms with Gasteiger partial charge < -0.3 is 14.2 Å². The predicted octanol–water partition coefficient (Wildman–Crippen LogP) is 1.95. The van der Waals surface area contributed by atoms with E-state index in [1.165, 1.54) is 0 Å². The molecule has 0 aromatic carbocycles. The highest BCUT2D eigenvalue weighted by atomic mass is 79.9. The van der Waals surface area contributed by atoms with E-state index in [4.69, 9.17) is 10.00 Å². The van der Waals surface area contributed by atoms with Crippen LogP contribution in [0, 0.1) is 11.3 Å². The van der Waals surface area contributed by atoms with Crippen molar-refractivity contribution in [3.8, 4) is 6.07 Å². The van der Waals surface area contributed by atoms with Gasteiger partial charge in [0.2, 0.25) is 0 Å². The van der Waals surface area contributed by atoms with E-state index in [2.05, 4.69) is 22.0 Å². The van der Waals surface area contributed by atoms with E-state index in [-0.39, 0.29) is 5.91 Å². The second kappa shape index (κ2) is 4.99. The Balaban J connectivity index is 1.81. The van der Waals surface area contributed by atoms with Crippen LogP contribution in [-0.4, -0.2) is 41.2 Å². The lowest BCUT2D eigenvalue weighted by atomic mass is 10.2. The molecule has 1 aliphatic carbocycles. The van der Waals surface area contributed by atoms with E-state index < -0.39 is 6.10 Å². The van der Waals surface area contributed by atoms with Gasteiger partial charge in [0, 0.05) is 23.3 Å². The number of amides is 1. The molecule has 2 aliphatic rings. The van der Waals surface area contributed by atoms with Crippen molar-refractivity contribution in [3.05, 3.63) is 22.4 Å². The molecule has 1 saturated carbocycles. The summed E-state index contributed by atoms with van der Waals surface area (Å²) in [4.78, 5) is 14.3. The molecule has 0 radical (unpaired) electrons. The lowest BCUT2D eigenvalue weighted by Gasteiger charge is -2.30. The van der Waals surface area contributed by atoms with Crippen molar-refractivity contribution in [2.45, 2.75) is 25.0 Å². The van der Waals surface area contributed by atoms with Gasteiger partial charge in [-0.15, -0.1) is 0 Å². The quantitative estimate of drug-likeness (QED) is 0.835. The molecule has 1 aromatic heterocycles. The van der Waals surface area contributed by atoms with Gasteiger partial charge in [-0.05, 0) is 34.8 Å². The summed E-state index contributed by atoms with van der Waals surface area (Å²) in [6.07, 6.45) is 3.72. The van der Waals surface area contributed by atoms with Gasteiger partial charge in [-0.1, -0.05) is 0 Å². The molecular formula is C13H14BrN3O2. The number of halogens is 1. The van der Waals surface area contributed by atoms with E-state index in [1.54, 1.807) is 4.90 Å². The highest BCUT2D eigenvalue weighted by molar-refractivity contribution is 9.10. The molecule has 2 fully saturated rings. The summed E-state index contributed by atoms with van der Waals surface area (Å²) in [5.74, 6) is -0.0128. The number of rotatable bonds is 2. The molecule has 5 nitrogen and oxygen atoms in total. The highest BCUT2D eigenvalue weighted by Crippen LogP contribution is 2.37. The highest BCUT2D eigenvalue weighted by Gasteiger charge is 2.31. The Morgan fingerprint density at radius 2 is 2.32 bits per heavy atom. The SMILES string of the molecule is N#CC1CN(C(=O)c2cc(Br)cn2C2CC2)CCO1. The average molecular weight is 324 g/mol. The van der Waals surface area contributed by atoms with Crippen LogP contribution < -0.4 is 0 Å². The number of hydrogen-bond acceptors (Lipinski definition) is 3. The van der Waals surface area contributed by atoms with Crippen molar-refractivity contribution in [1.82, 2.24) is 9.47 Å². The monoisotopic (exact) mass is 323 g/mol. The molecule has 2 heterocycles. The van der Waals surface area contributed by atoms with E-state index >= 15 is 0 Å². The van der Waals surface area contributed by atoms with Crippen molar-refractivity contribution in [3.63, 3.8) is 0 Å². The number of ether oxygens (including phenoxy) is 1. The smallest absolute Gasteiger partial charge is 0.270 e. The maximum Gasteiger partial charge on any atom is 0.270 e. The van der Waals surface area contributed by atoms with Gasteiger partial charge in [0.1, 0.15) is 5.69 Å². The summed E-state index contributed by atoms with van der Waals surface area (Å²) in [7, 11) is 0. The van der Waals surface area contributed by atoms with Crippen molar-refractivity contribution in [1.29, 1.82) is 5.26 Å². The number of nitrogens with zero attached hydrogens (tertiary/aromatic N) is 3. The second-order valence-electron chi connectivity index (χ2n) is 4.92. The van der Waals surface area contributed by atoms with Gasteiger partial charge in [0.25, 0.3) is 5.91 Å². The van der Waals surface area contributed by atoms with Gasteiger partial charge in [0.15, 0.2) is 6.10 Å². The topological polar surface area (TPSA) is 58.3 Å². The molecular weight excluding hydrogens is 310 g/mol. The van der Waals surface area contributed by atoms with E-state index in [0.717, 1.165) is 17.3 Å². The summed E-state index contributed by atoms with van der Waals surface area (Å²) >= 11 is 3.43. The van der Waals surface area contributed by atoms with Crippen molar-refractivity contribution >= 4 is 21.8 Å². The Labute approximate surface area is 119 Å². The molecule has 1 aliphatic heterocycles.